The Morgan fingerprint density at radius 3 is 2.52 bits per heavy atom. The molecule has 104 valence electrons. The lowest BCUT2D eigenvalue weighted by Gasteiger charge is -1.98. The van der Waals surface area contributed by atoms with Gasteiger partial charge in [-0.05, 0) is 51.5 Å². The third-order valence-corrected chi connectivity index (χ3v) is 4.40. The van der Waals surface area contributed by atoms with Gasteiger partial charge in [0.05, 0.1) is 10.6 Å². The molecule has 21 heavy (non-hydrogen) atoms. The van der Waals surface area contributed by atoms with Gasteiger partial charge in [-0.15, -0.1) is 0 Å². The minimum absolute atomic E-state index is 0.116. The highest BCUT2D eigenvalue weighted by molar-refractivity contribution is 9.10. The third kappa shape index (κ3) is 3.43. The SMILES string of the molecule is O=C1NC(=Nc2ccccc2Br)SC1=Cc1ccccc1. The molecule has 0 saturated carbocycles. The van der Waals surface area contributed by atoms with Crippen LogP contribution in [0, 0.1) is 0 Å². The second-order valence-electron chi connectivity index (χ2n) is 4.34. The van der Waals surface area contributed by atoms with E-state index in [-0.39, 0.29) is 5.91 Å². The number of thioether (sulfide) groups is 1. The lowest BCUT2D eigenvalue weighted by molar-refractivity contribution is -0.115. The van der Waals surface area contributed by atoms with Gasteiger partial charge in [-0.2, -0.15) is 0 Å². The number of carbonyl (C=O) groups is 1. The highest BCUT2D eigenvalue weighted by Crippen LogP contribution is 2.30. The van der Waals surface area contributed by atoms with E-state index >= 15 is 0 Å². The predicted octanol–water partition coefficient (Wildman–Crippen LogP) is 4.34. The van der Waals surface area contributed by atoms with E-state index in [1.54, 1.807) is 0 Å². The van der Waals surface area contributed by atoms with Crippen molar-refractivity contribution in [3.8, 4) is 0 Å². The Morgan fingerprint density at radius 2 is 1.76 bits per heavy atom. The van der Waals surface area contributed by atoms with Crippen molar-refractivity contribution in [3.05, 3.63) is 69.5 Å². The Kier molecular flexibility index (Phi) is 4.22. The molecule has 1 aliphatic heterocycles. The predicted molar refractivity (Wildman–Crippen MR) is 91.4 cm³/mol. The maximum Gasteiger partial charge on any atom is 0.264 e. The summed E-state index contributed by atoms with van der Waals surface area (Å²) in [6.07, 6.45) is 1.86. The molecule has 1 aliphatic rings. The number of rotatable bonds is 2. The first-order valence-electron chi connectivity index (χ1n) is 6.31. The van der Waals surface area contributed by atoms with Crippen molar-refractivity contribution >= 4 is 50.5 Å². The number of benzene rings is 2. The van der Waals surface area contributed by atoms with Crippen LogP contribution < -0.4 is 5.32 Å². The number of amidine groups is 1. The van der Waals surface area contributed by atoms with Gasteiger partial charge < -0.3 is 5.32 Å². The molecule has 0 spiro atoms. The molecule has 2 aromatic rings. The van der Waals surface area contributed by atoms with E-state index in [2.05, 4.69) is 26.2 Å². The first kappa shape index (κ1) is 14.1. The fourth-order valence-electron chi connectivity index (χ4n) is 1.83. The molecule has 2 aromatic carbocycles. The molecule has 0 aromatic heterocycles. The summed E-state index contributed by atoms with van der Waals surface area (Å²) < 4.78 is 0.896. The largest absolute Gasteiger partial charge is 0.300 e. The molecule has 3 rings (SSSR count). The zero-order valence-electron chi connectivity index (χ0n) is 10.9. The van der Waals surface area contributed by atoms with Crippen molar-refractivity contribution in [1.82, 2.24) is 5.32 Å². The summed E-state index contributed by atoms with van der Waals surface area (Å²) in [6, 6.07) is 17.4. The highest BCUT2D eigenvalue weighted by Gasteiger charge is 2.23. The molecule has 0 aliphatic carbocycles. The number of carbonyl (C=O) groups excluding carboxylic acids is 1. The third-order valence-electron chi connectivity index (χ3n) is 2.82. The van der Waals surface area contributed by atoms with Crippen molar-refractivity contribution in [3.63, 3.8) is 0 Å². The molecular weight excluding hydrogens is 348 g/mol. The normalized spacial score (nSPS) is 18.2. The van der Waals surface area contributed by atoms with E-state index in [1.807, 2.05) is 60.7 Å². The maximum absolute atomic E-state index is 12.0. The Bertz CT molecular complexity index is 741. The molecule has 0 radical (unpaired) electrons. The summed E-state index contributed by atoms with van der Waals surface area (Å²) in [7, 11) is 0. The summed E-state index contributed by atoms with van der Waals surface area (Å²) >= 11 is 4.79. The van der Waals surface area contributed by atoms with Crippen molar-refractivity contribution < 1.29 is 4.79 Å². The van der Waals surface area contributed by atoms with Crippen molar-refractivity contribution in [2.24, 2.45) is 4.99 Å². The topological polar surface area (TPSA) is 41.5 Å². The van der Waals surface area contributed by atoms with Gasteiger partial charge in [0.15, 0.2) is 5.17 Å². The van der Waals surface area contributed by atoms with Crippen molar-refractivity contribution in [1.29, 1.82) is 0 Å². The first-order chi connectivity index (χ1) is 10.2. The van der Waals surface area contributed by atoms with E-state index < -0.39 is 0 Å². The molecule has 0 bridgehead atoms. The molecule has 1 saturated heterocycles. The average Bonchev–Trinajstić information content (AvgIpc) is 2.82. The van der Waals surface area contributed by atoms with Gasteiger partial charge >= 0.3 is 0 Å². The molecule has 1 N–H and O–H groups in total. The smallest absolute Gasteiger partial charge is 0.264 e. The van der Waals surface area contributed by atoms with Crippen LogP contribution >= 0.6 is 27.7 Å². The quantitative estimate of drug-likeness (QED) is 0.811. The number of para-hydroxylation sites is 1. The molecule has 0 atom stereocenters. The Labute approximate surface area is 135 Å². The second-order valence-corrected chi connectivity index (χ2v) is 6.23. The summed E-state index contributed by atoms with van der Waals surface area (Å²) in [5.41, 5.74) is 1.79. The Hall–Kier alpha value is -1.85. The maximum atomic E-state index is 12.0. The van der Waals surface area contributed by atoms with Crippen LogP contribution in [0.15, 0.2) is 69.0 Å². The molecule has 1 heterocycles. The average molecular weight is 359 g/mol. The number of amides is 1. The van der Waals surface area contributed by atoms with Crippen molar-refractivity contribution in [2.45, 2.75) is 0 Å². The van der Waals surface area contributed by atoms with Crippen LogP contribution in [0.5, 0.6) is 0 Å². The standard InChI is InChI=1S/C16H11BrN2OS/c17-12-8-4-5-9-13(12)18-16-19-15(20)14(21-16)10-11-6-2-1-3-7-11/h1-10H,(H,18,19,20). The van der Waals surface area contributed by atoms with Crippen LogP contribution in [0.4, 0.5) is 5.69 Å². The number of hydrogen-bond donors (Lipinski definition) is 1. The van der Waals surface area contributed by atoms with Crippen LogP contribution in [0.2, 0.25) is 0 Å². The lowest BCUT2D eigenvalue weighted by atomic mass is 10.2. The van der Waals surface area contributed by atoms with E-state index in [4.69, 9.17) is 0 Å². The summed E-state index contributed by atoms with van der Waals surface area (Å²) in [4.78, 5) is 17.1. The number of aliphatic imine (C=N–C) groups is 1. The highest BCUT2D eigenvalue weighted by atomic mass is 79.9. The monoisotopic (exact) mass is 358 g/mol. The fourth-order valence-corrected chi connectivity index (χ4v) is 3.04. The van der Waals surface area contributed by atoms with Crippen LogP contribution in [0.1, 0.15) is 5.56 Å². The van der Waals surface area contributed by atoms with E-state index in [0.29, 0.717) is 10.1 Å². The number of nitrogens with zero attached hydrogens (tertiary/aromatic N) is 1. The fraction of sp³-hybridized carbons (Fsp3) is 0. The second kappa shape index (κ2) is 6.28. The molecule has 0 unspecified atom stereocenters. The Balaban J connectivity index is 1.85. The van der Waals surface area contributed by atoms with Gasteiger partial charge in [-0.3, -0.25) is 4.79 Å². The number of nitrogens with one attached hydrogen (secondary N) is 1. The number of halogens is 1. The van der Waals surface area contributed by atoms with Crippen molar-refractivity contribution in [2.75, 3.05) is 0 Å². The summed E-state index contributed by atoms with van der Waals surface area (Å²) in [6.45, 7) is 0. The zero-order chi connectivity index (χ0) is 14.7. The van der Waals surface area contributed by atoms with Gasteiger partial charge in [-0.25, -0.2) is 4.99 Å². The summed E-state index contributed by atoms with van der Waals surface area (Å²) in [5.74, 6) is -0.116. The molecule has 5 heteroatoms. The van der Waals surface area contributed by atoms with Gasteiger partial charge in [0.25, 0.3) is 5.91 Å². The molecular formula is C16H11BrN2OS. The summed E-state index contributed by atoms with van der Waals surface area (Å²) in [5, 5.41) is 3.38. The van der Waals surface area contributed by atoms with Gasteiger partial charge in [0, 0.05) is 4.47 Å². The lowest BCUT2D eigenvalue weighted by Crippen LogP contribution is -2.19. The van der Waals surface area contributed by atoms with Crippen LogP contribution in [-0.4, -0.2) is 11.1 Å². The van der Waals surface area contributed by atoms with E-state index in [0.717, 1.165) is 15.7 Å². The number of hydrogen-bond acceptors (Lipinski definition) is 3. The van der Waals surface area contributed by atoms with Gasteiger partial charge in [0.1, 0.15) is 0 Å². The van der Waals surface area contributed by atoms with Crippen LogP contribution in [0.3, 0.4) is 0 Å². The molecule has 1 fully saturated rings. The molecule has 1 amide bonds. The molecule has 3 nitrogen and oxygen atoms in total. The van der Waals surface area contributed by atoms with Crippen LogP contribution in [-0.2, 0) is 4.79 Å². The van der Waals surface area contributed by atoms with Gasteiger partial charge in [0.2, 0.25) is 0 Å². The van der Waals surface area contributed by atoms with Gasteiger partial charge in [-0.1, -0.05) is 42.5 Å². The van der Waals surface area contributed by atoms with E-state index in [1.165, 1.54) is 11.8 Å². The first-order valence-corrected chi connectivity index (χ1v) is 7.92. The van der Waals surface area contributed by atoms with E-state index in [9.17, 15) is 4.79 Å². The zero-order valence-corrected chi connectivity index (χ0v) is 13.3. The minimum atomic E-state index is -0.116. The minimum Gasteiger partial charge on any atom is -0.300 e. The van der Waals surface area contributed by atoms with Crippen LogP contribution in [0.25, 0.3) is 6.08 Å². The Morgan fingerprint density at radius 1 is 1.05 bits per heavy atom.